The molecule has 0 radical (unpaired) electrons. The maximum Gasteiger partial charge on any atom is 0.220 e. The van der Waals surface area contributed by atoms with Crippen molar-refractivity contribution < 1.29 is 4.79 Å². The van der Waals surface area contributed by atoms with Gasteiger partial charge in [-0.25, -0.2) is 0 Å². The Morgan fingerprint density at radius 1 is 1.21 bits per heavy atom. The highest BCUT2D eigenvalue weighted by Gasteiger charge is 2.49. The first-order valence-electron chi connectivity index (χ1n) is 8.72. The molecule has 0 unspecified atom stereocenters. The Hall–Kier alpha value is -2.20. The van der Waals surface area contributed by atoms with Crippen LogP contribution in [0.4, 0.5) is 0 Å². The van der Waals surface area contributed by atoms with Crippen molar-refractivity contribution in [3.8, 4) is 0 Å². The molecule has 0 saturated carbocycles. The molecule has 24 heavy (non-hydrogen) atoms. The number of hydrogen-bond donors (Lipinski definition) is 1. The second kappa shape index (κ2) is 6.36. The summed E-state index contributed by atoms with van der Waals surface area (Å²) < 4.78 is 0. The van der Waals surface area contributed by atoms with Gasteiger partial charge in [0.25, 0.3) is 0 Å². The normalized spacial score (nSPS) is 27.3. The predicted molar refractivity (Wildman–Crippen MR) is 93.4 cm³/mol. The maximum atomic E-state index is 12.1. The van der Waals surface area contributed by atoms with Crippen LogP contribution in [0.25, 0.3) is 0 Å². The second-order valence-electron chi connectivity index (χ2n) is 7.05. The molecule has 2 saturated heterocycles. The first-order chi connectivity index (χ1) is 11.8. The Kier molecular flexibility index (Phi) is 4.07. The summed E-state index contributed by atoms with van der Waals surface area (Å²) in [7, 11) is 0. The Balaban J connectivity index is 1.61. The molecule has 4 nitrogen and oxygen atoms in total. The van der Waals surface area contributed by atoms with E-state index < -0.39 is 0 Å². The Labute approximate surface area is 142 Å². The molecule has 2 aliphatic rings. The van der Waals surface area contributed by atoms with E-state index in [2.05, 4.69) is 51.6 Å². The molecule has 124 valence electrons. The average Bonchev–Trinajstić information content (AvgIpc) is 2.93. The number of pyridine rings is 1. The van der Waals surface area contributed by atoms with Crippen LogP contribution in [0, 0.1) is 0 Å². The number of nitrogens with one attached hydrogen (secondary N) is 1. The number of carbonyl (C=O) groups excluding carboxylic acids is 1. The fourth-order valence-electron chi connectivity index (χ4n) is 4.32. The van der Waals surface area contributed by atoms with E-state index in [0.717, 1.165) is 32.5 Å². The van der Waals surface area contributed by atoms with E-state index in [9.17, 15) is 4.79 Å². The SMILES string of the molecule is O=C1CCC[C@]2(CN(Cc3ccccc3)C[C@H]2c2cccnc2)N1. The van der Waals surface area contributed by atoms with E-state index in [0.29, 0.717) is 12.3 Å². The standard InChI is InChI=1S/C20H23N3O/c24-19-9-4-10-20(22-19)15-23(13-16-6-2-1-3-7-16)14-18(20)17-8-5-11-21-12-17/h1-3,5-8,11-12,18H,4,9-10,13-15H2,(H,22,24)/t18-,20+/m0/s1. The molecule has 1 amide bonds. The molecule has 1 spiro atoms. The molecular formula is C20H23N3O. The van der Waals surface area contributed by atoms with Crippen molar-refractivity contribution in [3.05, 3.63) is 66.0 Å². The Morgan fingerprint density at radius 2 is 2.08 bits per heavy atom. The highest BCUT2D eigenvalue weighted by molar-refractivity contribution is 5.78. The van der Waals surface area contributed by atoms with Crippen LogP contribution in [-0.4, -0.2) is 34.4 Å². The van der Waals surface area contributed by atoms with Crippen molar-refractivity contribution in [2.45, 2.75) is 37.3 Å². The molecule has 1 aromatic carbocycles. The Bertz CT molecular complexity index is 703. The molecule has 2 aromatic rings. The van der Waals surface area contributed by atoms with Gasteiger partial charge in [-0.2, -0.15) is 0 Å². The summed E-state index contributed by atoms with van der Waals surface area (Å²) in [5.74, 6) is 0.496. The monoisotopic (exact) mass is 321 g/mol. The molecule has 2 fully saturated rings. The van der Waals surface area contributed by atoms with Gasteiger partial charge in [-0.1, -0.05) is 36.4 Å². The van der Waals surface area contributed by atoms with Gasteiger partial charge in [-0.15, -0.1) is 0 Å². The molecule has 0 bridgehead atoms. The molecule has 4 rings (SSSR count). The van der Waals surface area contributed by atoms with Crippen LogP contribution in [0.3, 0.4) is 0 Å². The molecule has 1 N–H and O–H groups in total. The second-order valence-corrected chi connectivity index (χ2v) is 7.05. The number of carbonyl (C=O) groups is 1. The van der Waals surface area contributed by atoms with Crippen LogP contribution >= 0.6 is 0 Å². The molecule has 4 heteroatoms. The minimum absolute atomic E-state index is 0.146. The molecule has 3 heterocycles. The van der Waals surface area contributed by atoms with E-state index in [-0.39, 0.29) is 11.4 Å². The van der Waals surface area contributed by atoms with Gasteiger partial charge in [0.1, 0.15) is 0 Å². The van der Waals surface area contributed by atoms with Crippen molar-refractivity contribution in [1.82, 2.24) is 15.2 Å². The molecular weight excluding hydrogens is 298 g/mol. The number of nitrogens with zero attached hydrogens (tertiary/aromatic N) is 2. The van der Waals surface area contributed by atoms with Crippen LogP contribution in [0.1, 0.15) is 36.3 Å². The highest BCUT2D eigenvalue weighted by atomic mass is 16.1. The smallest absolute Gasteiger partial charge is 0.220 e. The van der Waals surface area contributed by atoms with Crippen LogP contribution in [0.2, 0.25) is 0 Å². The zero-order chi connectivity index (χ0) is 16.4. The van der Waals surface area contributed by atoms with E-state index in [1.807, 2.05) is 18.5 Å². The molecule has 2 atom stereocenters. The first-order valence-corrected chi connectivity index (χ1v) is 8.72. The summed E-state index contributed by atoms with van der Waals surface area (Å²) in [6.07, 6.45) is 6.44. The van der Waals surface area contributed by atoms with Gasteiger partial charge in [0.15, 0.2) is 0 Å². The van der Waals surface area contributed by atoms with E-state index in [1.54, 1.807) is 0 Å². The van der Waals surface area contributed by atoms with Crippen LogP contribution < -0.4 is 5.32 Å². The number of likely N-dealkylation sites (tertiary alicyclic amines) is 1. The van der Waals surface area contributed by atoms with E-state index >= 15 is 0 Å². The van der Waals surface area contributed by atoms with Crippen LogP contribution in [0.5, 0.6) is 0 Å². The zero-order valence-corrected chi connectivity index (χ0v) is 13.8. The van der Waals surface area contributed by atoms with Gasteiger partial charge in [-0.3, -0.25) is 14.7 Å². The third-order valence-electron chi connectivity index (χ3n) is 5.36. The van der Waals surface area contributed by atoms with Gasteiger partial charge in [-0.05, 0) is 30.0 Å². The van der Waals surface area contributed by atoms with Crippen LogP contribution in [-0.2, 0) is 11.3 Å². The van der Waals surface area contributed by atoms with Crippen molar-refractivity contribution in [1.29, 1.82) is 0 Å². The number of hydrogen-bond acceptors (Lipinski definition) is 3. The van der Waals surface area contributed by atoms with Gasteiger partial charge >= 0.3 is 0 Å². The van der Waals surface area contributed by atoms with Crippen molar-refractivity contribution in [2.24, 2.45) is 0 Å². The summed E-state index contributed by atoms with van der Waals surface area (Å²) in [5, 5.41) is 3.35. The molecule has 1 aromatic heterocycles. The van der Waals surface area contributed by atoms with Crippen LogP contribution in [0.15, 0.2) is 54.9 Å². The summed E-state index contributed by atoms with van der Waals surface area (Å²) >= 11 is 0. The van der Waals surface area contributed by atoms with Gasteiger partial charge in [0, 0.05) is 44.4 Å². The maximum absolute atomic E-state index is 12.1. The number of piperidine rings is 1. The third-order valence-corrected chi connectivity index (χ3v) is 5.36. The summed E-state index contributed by atoms with van der Waals surface area (Å²) in [6, 6.07) is 14.7. The van der Waals surface area contributed by atoms with E-state index in [1.165, 1.54) is 11.1 Å². The summed E-state index contributed by atoms with van der Waals surface area (Å²) in [4.78, 5) is 18.9. The number of benzene rings is 1. The minimum Gasteiger partial charge on any atom is -0.349 e. The third kappa shape index (κ3) is 2.94. The van der Waals surface area contributed by atoms with Crippen molar-refractivity contribution >= 4 is 5.91 Å². The fourth-order valence-corrected chi connectivity index (χ4v) is 4.32. The van der Waals surface area contributed by atoms with Crippen molar-refractivity contribution in [2.75, 3.05) is 13.1 Å². The van der Waals surface area contributed by atoms with Gasteiger partial charge in [0.2, 0.25) is 5.91 Å². The number of aromatic nitrogens is 1. The molecule has 2 aliphatic heterocycles. The van der Waals surface area contributed by atoms with Gasteiger partial charge < -0.3 is 5.32 Å². The highest BCUT2D eigenvalue weighted by Crippen LogP contribution is 2.41. The quantitative estimate of drug-likeness (QED) is 0.945. The van der Waals surface area contributed by atoms with E-state index in [4.69, 9.17) is 0 Å². The minimum atomic E-state index is -0.146. The lowest BCUT2D eigenvalue weighted by molar-refractivity contribution is -0.125. The lowest BCUT2D eigenvalue weighted by Crippen LogP contribution is -2.56. The number of rotatable bonds is 3. The first kappa shape index (κ1) is 15.3. The summed E-state index contributed by atoms with van der Waals surface area (Å²) in [6.45, 7) is 2.79. The summed E-state index contributed by atoms with van der Waals surface area (Å²) in [5.41, 5.74) is 2.41. The number of amides is 1. The van der Waals surface area contributed by atoms with Gasteiger partial charge in [0.05, 0.1) is 5.54 Å². The zero-order valence-electron chi connectivity index (χ0n) is 13.8. The average molecular weight is 321 g/mol. The fraction of sp³-hybridized carbons (Fsp3) is 0.400. The molecule has 0 aliphatic carbocycles. The van der Waals surface area contributed by atoms with Crippen molar-refractivity contribution in [3.63, 3.8) is 0 Å². The Morgan fingerprint density at radius 3 is 2.83 bits per heavy atom. The topological polar surface area (TPSA) is 45.2 Å². The largest absolute Gasteiger partial charge is 0.349 e. The predicted octanol–water partition coefficient (Wildman–Crippen LogP) is 2.72. The lowest BCUT2D eigenvalue weighted by Gasteiger charge is -2.39. The lowest BCUT2D eigenvalue weighted by atomic mass is 9.77.